The Bertz CT molecular complexity index is 507. The molecule has 1 aromatic rings. The molecular weight excluding hydrogens is 320 g/mol. The number of halogens is 1. The molecule has 0 aliphatic heterocycles. The highest BCUT2D eigenvalue weighted by Crippen LogP contribution is 2.45. The largest absolute Gasteiger partial charge is 0.330 e. The number of nitrogens with zero attached hydrogens (tertiary/aromatic N) is 1. The van der Waals surface area contributed by atoms with E-state index in [1.54, 1.807) is 12.1 Å². The maximum absolute atomic E-state index is 10.8. The monoisotopic (exact) mass is 340 g/mol. The van der Waals surface area contributed by atoms with Crippen molar-refractivity contribution < 1.29 is 4.92 Å². The normalized spacial score (nSPS) is 25.9. The number of non-ortho nitro benzene ring substituents is 1. The summed E-state index contributed by atoms with van der Waals surface area (Å²) >= 11 is 3.46. The van der Waals surface area contributed by atoms with Crippen molar-refractivity contribution >= 4 is 21.6 Å². The predicted octanol–water partition coefficient (Wildman–Crippen LogP) is 4.06. The van der Waals surface area contributed by atoms with E-state index in [0.717, 1.165) is 28.8 Å². The zero-order valence-electron chi connectivity index (χ0n) is 11.8. The first-order chi connectivity index (χ1) is 9.49. The molecule has 1 aliphatic rings. The van der Waals surface area contributed by atoms with Crippen LogP contribution >= 0.6 is 15.9 Å². The molecule has 110 valence electrons. The van der Waals surface area contributed by atoms with Crippen LogP contribution in [0.2, 0.25) is 0 Å². The summed E-state index contributed by atoms with van der Waals surface area (Å²) in [5, 5.41) is 10.8. The smallest absolute Gasteiger partial charge is 0.270 e. The molecule has 2 N–H and O–H groups in total. The van der Waals surface area contributed by atoms with Crippen molar-refractivity contribution in [2.24, 2.45) is 17.1 Å². The van der Waals surface area contributed by atoms with E-state index in [0.29, 0.717) is 6.54 Å². The number of nitrogens with two attached hydrogens (primary N) is 1. The maximum atomic E-state index is 10.8. The third kappa shape index (κ3) is 3.20. The third-order valence-corrected chi connectivity index (χ3v) is 5.37. The van der Waals surface area contributed by atoms with Gasteiger partial charge < -0.3 is 5.73 Å². The molecule has 1 aromatic carbocycles. The number of rotatable bonds is 5. The van der Waals surface area contributed by atoms with E-state index in [1.165, 1.54) is 19.3 Å². The zero-order valence-corrected chi connectivity index (χ0v) is 13.4. The Balaban J connectivity index is 2.18. The number of nitro groups is 1. The second kappa shape index (κ2) is 6.22. The van der Waals surface area contributed by atoms with Crippen LogP contribution in [0.4, 0.5) is 5.69 Å². The maximum Gasteiger partial charge on any atom is 0.270 e. The van der Waals surface area contributed by atoms with Crippen LogP contribution in [0.1, 0.15) is 38.2 Å². The molecule has 2 rings (SSSR count). The van der Waals surface area contributed by atoms with Crippen LogP contribution in [-0.2, 0) is 6.42 Å². The molecule has 0 saturated heterocycles. The predicted molar refractivity (Wildman–Crippen MR) is 83.6 cm³/mol. The van der Waals surface area contributed by atoms with Gasteiger partial charge in [0.15, 0.2) is 0 Å². The van der Waals surface area contributed by atoms with Crippen molar-refractivity contribution in [2.45, 2.75) is 39.0 Å². The Morgan fingerprint density at radius 1 is 1.55 bits per heavy atom. The van der Waals surface area contributed by atoms with Gasteiger partial charge in [0.1, 0.15) is 0 Å². The second-order valence-corrected chi connectivity index (χ2v) is 6.79. The fourth-order valence-corrected chi connectivity index (χ4v) is 3.80. The van der Waals surface area contributed by atoms with Gasteiger partial charge in [-0.05, 0) is 49.1 Å². The molecule has 1 aliphatic carbocycles. The van der Waals surface area contributed by atoms with Gasteiger partial charge in [-0.1, -0.05) is 35.3 Å². The number of hydrogen-bond acceptors (Lipinski definition) is 3. The number of hydrogen-bond donors (Lipinski definition) is 1. The summed E-state index contributed by atoms with van der Waals surface area (Å²) in [6, 6.07) is 5.03. The van der Waals surface area contributed by atoms with Crippen LogP contribution in [0, 0.1) is 21.4 Å². The van der Waals surface area contributed by atoms with Gasteiger partial charge in [0.25, 0.3) is 5.69 Å². The fraction of sp³-hybridized carbons (Fsp3) is 0.600. The van der Waals surface area contributed by atoms with Crippen LogP contribution in [0.5, 0.6) is 0 Å². The average molecular weight is 341 g/mol. The van der Waals surface area contributed by atoms with Crippen LogP contribution in [0.15, 0.2) is 22.7 Å². The van der Waals surface area contributed by atoms with Crippen molar-refractivity contribution in [2.75, 3.05) is 6.54 Å². The minimum atomic E-state index is -0.365. The minimum Gasteiger partial charge on any atom is -0.330 e. The molecule has 5 heteroatoms. The molecule has 0 radical (unpaired) electrons. The van der Waals surface area contributed by atoms with E-state index in [-0.39, 0.29) is 16.0 Å². The first kappa shape index (κ1) is 15.4. The van der Waals surface area contributed by atoms with E-state index in [1.807, 2.05) is 6.07 Å². The van der Waals surface area contributed by atoms with Crippen LogP contribution < -0.4 is 5.73 Å². The summed E-state index contributed by atoms with van der Waals surface area (Å²) in [4.78, 5) is 10.4. The first-order valence-electron chi connectivity index (χ1n) is 7.12. The van der Waals surface area contributed by atoms with Gasteiger partial charge in [-0.3, -0.25) is 10.1 Å². The summed E-state index contributed by atoms with van der Waals surface area (Å²) < 4.78 is 0.819. The Morgan fingerprint density at radius 2 is 2.30 bits per heavy atom. The quantitative estimate of drug-likeness (QED) is 0.649. The second-order valence-electron chi connectivity index (χ2n) is 5.93. The van der Waals surface area contributed by atoms with Gasteiger partial charge in [0, 0.05) is 16.6 Å². The molecule has 0 spiro atoms. The molecule has 2 unspecified atom stereocenters. The highest BCUT2D eigenvalue weighted by molar-refractivity contribution is 9.10. The lowest BCUT2D eigenvalue weighted by atomic mass is 9.79. The average Bonchev–Trinajstić information content (AvgIpc) is 2.85. The van der Waals surface area contributed by atoms with Gasteiger partial charge in [-0.15, -0.1) is 0 Å². The highest BCUT2D eigenvalue weighted by Gasteiger charge is 2.37. The molecule has 1 fully saturated rings. The molecule has 0 amide bonds. The van der Waals surface area contributed by atoms with Gasteiger partial charge in [-0.2, -0.15) is 0 Å². The van der Waals surface area contributed by atoms with Crippen LogP contribution in [0.25, 0.3) is 0 Å². The summed E-state index contributed by atoms with van der Waals surface area (Å²) in [7, 11) is 0. The van der Waals surface area contributed by atoms with Gasteiger partial charge in [-0.25, -0.2) is 0 Å². The summed E-state index contributed by atoms with van der Waals surface area (Å²) in [5.74, 6) is 0.773. The molecule has 0 heterocycles. The Labute approximate surface area is 128 Å². The minimum absolute atomic E-state index is 0.125. The summed E-state index contributed by atoms with van der Waals surface area (Å²) in [5.41, 5.74) is 7.45. The van der Waals surface area contributed by atoms with E-state index in [9.17, 15) is 10.1 Å². The van der Waals surface area contributed by atoms with Crippen molar-refractivity contribution in [3.63, 3.8) is 0 Å². The first-order valence-corrected chi connectivity index (χ1v) is 7.92. The van der Waals surface area contributed by atoms with E-state index in [2.05, 4.69) is 22.9 Å². The van der Waals surface area contributed by atoms with Crippen molar-refractivity contribution in [1.29, 1.82) is 0 Å². The van der Waals surface area contributed by atoms with E-state index >= 15 is 0 Å². The molecule has 2 atom stereocenters. The molecule has 20 heavy (non-hydrogen) atoms. The van der Waals surface area contributed by atoms with Crippen LogP contribution in [0.3, 0.4) is 0 Å². The van der Waals surface area contributed by atoms with Gasteiger partial charge >= 0.3 is 0 Å². The van der Waals surface area contributed by atoms with Crippen LogP contribution in [-0.4, -0.2) is 11.5 Å². The number of benzene rings is 1. The Morgan fingerprint density at radius 3 is 2.80 bits per heavy atom. The summed E-state index contributed by atoms with van der Waals surface area (Å²) in [6.07, 6.45) is 5.69. The summed E-state index contributed by atoms with van der Waals surface area (Å²) in [6.45, 7) is 2.92. The standard InChI is InChI=1S/C15H21BrN2O2/c1-2-11-5-6-15(8-11,10-17)9-12-3-4-13(18(19)20)7-14(12)16/h3-4,7,11H,2,5-6,8-10,17H2,1H3. The molecule has 0 bridgehead atoms. The fourth-order valence-electron chi connectivity index (χ4n) is 3.29. The van der Waals surface area contributed by atoms with Crippen molar-refractivity contribution in [1.82, 2.24) is 0 Å². The third-order valence-electron chi connectivity index (χ3n) is 4.63. The molecule has 1 saturated carbocycles. The molecular formula is C15H21BrN2O2. The van der Waals surface area contributed by atoms with Crippen molar-refractivity contribution in [3.05, 3.63) is 38.3 Å². The van der Waals surface area contributed by atoms with Gasteiger partial charge in [0.2, 0.25) is 0 Å². The SMILES string of the molecule is CCC1CCC(CN)(Cc2ccc([N+](=O)[O-])cc2Br)C1. The topological polar surface area (TPSA) is 69.2 Å². The highest BCUT2D eigenvalue weighted by atomic mass is 79.9. The Hall–Kier alpha value is -0.940. The Kier molecular flexibility index (Phi) is 4.81. The van der Waals surface area contributed by atoms with E-state index < -0.39 is 0 Å². The molecule has 4 nitrogen and oxygen atoms in total. The lowest BCUT2D eigenvalue weighted by Crippen LogP contribution is -2.30. The zero-order chi connectivity index (χ0) is 14.8. The lowest BCUT2D eigenvalue weighted by Gasteiger charge is -2.28. The molecule has 0 aromatic heterocycles. The lowest BCUT2D eigenvalue weighted by molar-refractivity contribution is -0.384. The van der Waals surface area contributed by atoms with Gasteiger partial charge in [0.05, 0.1) is 4.92 Å². The van der Waals surface area contributed by atoms with Crippen molar-refractivity contribution in [3.8, 4) is 0 Å². The van der Waals surface area contributed by atoms with E-state index in [4.69, 9.17) is 5.73 Å². The number of nitro benzene ring substituents is 1.